The standard InChI is InChI=1S/C11H11F2NO2/c1-7(15)6-14-10(16)5-8-3-2-4-9(12)11(8)13/h2-4H,5-6H2,1H3,(H,14,16). The molecular weight excluding hydrogens is 216 g/mol. The van der Waals surface area contributed by atoms with Crippen LogP contribution < -0.4 is 5.32 Å². The number of carbonyl (C=O) groups excluding carboxylic acids is 2. The Kier molecular flexibility index (Phi) is 4.10. The predicted octanol–water partition coefficient (Wildman–Crippen LogP) is 1.21. The van der Waals surface area contributed by atoms with Gasteiger partial charge in [0, 0.05) is 5.56 Å². The third-order valence-electron chi connectivity index (χ3n) is 1.92. The largest absolute Gasteiger partial charge is 0.349 e. The lowest BCUT2D eigenvalue weighted by molar-refractivity contribution is -0.124. The maximum Gasteiger partial charge on any atom is 0.224 e. The lowest BCUT2D eigenvalue weighted by Crippen LogP contribution is -2.29. The Bertz CT molecular complexity index is 418. The quantitative estimate of drug-likeness (QED) is 0.840. The second-order valence-electron chi connectivity index (χ2n) is 3.37. The van der Waals surface area contributed by atoms with Crippen LogP contribution in [0.2, 0.25) is 0 Å². The Balaban J connectivity index is 2.63. The van der Waals surface area contributed by atoms with Gasteiger partial charge in [0.15, 0.2) is 11.6 Å². The van der Waals surface area contributed by atoms with Crippen molar-refractivity contribution in [3.05, 3.63) is 35.4 Å². The van der Waals surface area contributed by atoms with E-state index in [4.69, 9.17) is 0 Å². The minimum atomic E-state index is -1.03. The highest BCUT2D eigenvalue weighted by Gasteiger charge is 2.11. The van der Waals surface area contributed by atoms with Crippen molar-refractivity contribution in [1.29, 1.82) is 0 Å². The zero-order valence-corrected chi connectivity index (χ0v) is 8.72. The summed E-state index contributed by atoms with van der Waals surface area (Å²) in [5.41, 5.74) is -0.0268. The molecule has 1 N–H and O–H groups in total. The Morgan fingerprint density at radius 1 is 1.31 bits per heavy atom. The van der Waals surface area contributed by atoms with Crippen LogP contribution in [0.15, 0.2) is 18.2 Å². The normalized spacial score (nSPS) is 9.94. The number of hydrogen-bond donors (Lipinski definition) is 1. The predicted molar refractivity (Wildman–Crippen MR) is 53.8 cm³/mol. The minimum absolute atomic E-state index is 0.0268. The summed E-state index contributed by atoms with van der Waals surface area (Å²) in [6.45, 7) is 1.22. The van der Waals surface area contributed by atoms with Crippen molar-refractivity contribution in [3.8, 4) is 0 Å². The van der Waals surface area contributed by atoms with Crippen LogP contribution in [0, 0.1) is 11.6 Å². The first-order valence-corrected chi connectivity index (χ1v) is 4.69. The van der Waals surface area contributed by atoms with Crippen LogP contribution in [0.3, 0.4) is 0 Å². The van der Waals surface area contributed by atoms with Crippen molar-refractivity contribution in [2.75, 3.05) is 6.54 Å². The van der Waals surface area contributed by atoms with Crippen molar-refractivity contribution in [3.63, 3.8) is 0 Å². The van der Waals surface area contributed by atoms with E-state index in [9.17, 15) is 18.4 Å². The van der Waals surface area contributed by atoms with E-state index in [2.05, 4.69) is 5.32 Å². The smallest absolute Gasteiger partial charge is 0.224 e. The highest BCUT2D eigenvalue weighted by molar-refractivity contribution is 5.85. The third kappa shape index (κ3) is 3.42. The molecule has 0 aliphatic carbocycles. The van der Waals surface area contributed by atoms with E-state index < -0.39 is 17.5 Å². The van der Waals surface area contributed by atoms with E-state index in [0.717, 1.165) is 6.07 Å². The molecule has 1 amide bonds. The van der Waals surface area contributed by atoms with Gasteiger partial charge in [0.05, 0.1) is 13.0 Å². The number of carbonyl (C=O) groups is 2. The fourth-order valence-electron chi connectivity index (χ4n) is 1.14. The summed E-state index contributed by atoms with van der Waals surface area (Å²) in [6.07, 6.45) is -0.281. The second kappa shape index (κ2) is 5.34. The Morgan fingerprint density at radius 2 is 2.00 bits per heavy atom. The van der Waals surface area contributed by atoms with Crippen LogP contribution in [0.5, 0.6) is 0 Å². The highest BCUT2D eigenvalue weighted by atomic mass is 19.2. The van der Waals surface area contributed by atoms with Gasteiger partial charge in [-0.25, -0.2) is 8.78 Å². The van der Waals surface area contributed by atoms with Crippen molar-refractivity contribution >= 4 is 11.7 Å². The highest BCUT2D eigenvalue weighted by Crippen LogP contribution is 2.11. The molecule has 0 heterocycles. The van der Waals surface area contributed by atoms with Gasteiger partial charge in [-0.3, -0.25) is 9.59 Å². The van der Waals surface area contributed by atoms with Gasteiger partial charge >= 0.3 is 0 Å². The first-order valence-electron chi connectivity index (χ1n) is 4.69. The first kappa shape index (κ1) is 12.3. The van der Waals surface area contributed by atoms with Gasteiger partial charge in [0.1, 0.15) is 5.78 Å². The molecule has 3 nitrogen and oxygen atoms in total. The molecule has 1 rings (SSSR count). The SMILES string of the molecule is CC(=O)CNC(=O)Cc1cccc(F)c1F. The zero-order chi connectivity index (χ0) is 12.1. The second-order valence-corrected chi connectivity index (χ2v) is 3.37. The molecule has 0 unspecified atom stereocenters. The summed E-state index contributed by atoms with van der Waals surface area (Å²) in [6, 6.07) is 3.63. The average Bonchev–Trinajstić information content (AvgIpc) is 2.22. The summed E-state index contributed by atoms with van der Waals surface area (Å²) in [4.78, 5) is 21.8. The monoisotopic (exact) mass is 227 g/mol. The van der Waals surface area contributed by atoms with Crippen LogP contribution >= 0.6 is 0 Å². The number of amides is 1. The molecule has 0 fully saturated rings. The van der Waals surface area contributed by atoms with E-state index >= 15 is 0 Å². The molecule has 0 saturated carbocycles. The van der Waals surface area contributed by atoms with Crippen molar-refractivity contribution in [1.82, 2.24) is 5.32 Å². The van der Waals surface area contributed by atoms with Crippen LogP contribution in [0.25, 0.3) is 0 Å². The summed E-state index contributed by atoms with van der Waals surface area (Å²) in [7, 11) is 0. The fraction of sp³-hybridized carbons (Fsp3) is 0.273. The molecule has 0 spiro atoms. The molecule has 0 aromatic heterocycles. The van der Waals surface area contributed by atoms with Crippen LogP contribution in [0.1, 0.15) is 12.5 Å². The summed E-state index contributed by atoms with van der Waals surface area (Å²) >= 11 is 0. The number of halogens is 2. The zero-order valence-electron chi connectivity index (χ0n) is 8.72. The van der Waals surface area contributed by atoms with Gasteiger partial charge in [-0.15, -0.1) is 0 Å². The van der Waals surface area contributed by atoms with Gasteiger partial charge in [-0.05, 0) is 13.0 Å². The maximum absolute atomic E-state index is 13.1. The Labute approximate surface area is 91.5 Å². The topological polar surface area (TPSA) is 46.2 Å². The lowest BCUT2D eigenvalue weighted by atomic mass is 10.1. The first-order chi connectivity index (χ1) is 7.50. The number of benzene rings is 1. The third-order valence-corrected chi connectivity index (χ3v) is 1.92. The van der Waals surface area contributed by atoms with Gasteiger partial charge in [-0.2, -0.15) is 0 Å². The summed E-state index contributed by atoms with van der Waals surface area (Å²) in [5.74, 6) is -2.73. The van der Waals surface area contributed by atoms with Crippen molar-refractivity contribution < 1.29 is 18.4 Å². The van der Waals surface area contributed by atoms with Gasteiger partial charge in [0.2, 0.25) is 5.91 Å². The van der Waals surface area contributed by atoms with Crippen LogP contribution in [-0.4, -0.2) is 18.2 Å². The van der Waals surface area contributed by atoms with Gasteiger partial charge in [-0.1, -0.05) is 12.1 Å². The van der Waals surface area contributed by atoms with Gasteiger partial charge in [0.25, 0.3) is 0 Å². The Morgan fingerprint density at radius 3 is 2.62 bits per heavy atom. The van der Waals surface area contributed by atoms with E-state index in [1.54, 1.807) is 0 Å². The lowest BCUT2D eigenvalue weighted by Gasteiger charge is -2.04. The molecule has 0 atom stereocenters. The number of hydrogen-bond acceptors (Lipinski definition) is 2. The number of Topliss-reactive ketones (excluding diaryl/α,β-unsaturated/α-hetero) is 1. The molecule has 1 aromatic carbocycles. The molecule has 86 valence electrons. The van der Waals surface area contributed by atoms with Crippen LogP contribution in [0.4, 0.5) is 8.78 Å². The van der Waals surface area contributed by atoms with E-state index in [1.807, 2.05) is 0 Å². The number of ketones is 1. The molecular formula is C11H11F2NO2. The van der Waals surface area contributed by atoms with E-state index in [1.165, 1.54) is 19.1 Å². The molecule has 5 heteroatoms. The number of rotatable bonds is 4. The molecule has 0 aliphatic rings. The molecule has 16 heavy (non-hydrogen) atoms. The van der Waals surface area contributed by atoms with E-state index in [0.29, 0.717) is 0 Å². The number of nitrogens with one attached hydrogen (secondary N) is 1. The average molecular weight is 227 g/mol. The summed E-state index contributed by atoms with van der Waals surface area (Å²) < 4.78 is 25.9. The molecule has 0 bridgehead atoms. The molecule has 0 saturated heterocycles. The van der Waals surface area contributed by atoms with Crippen molar-refractivity contribution in [2.24, 2.45) is 0 Å². The van der Waals surface area contributed by atoms with Crippen molar-refractivity contribution in [2.45, 2.75) is 13.3 Å². The van der Waals surface area contributed by atoms with E-state index in [-0.39, 0.29) is 24.3 Å². The molecule has 0 aliphatic heterocycles. The van der Waals surface area contributed by atoms with Gasteiger partial charge < -0.3 is 5.32 Å². The van der Waals surface area contributed by atoms with Crippen LogP contribution in [-0.2, 0) is 16.0 Å². The Hall–Kier alpha value is -1.78. The molecule has 0 radical (unpaired) electrons. The minimum Gasteiger partial charge on any atom is -0.349 e. The summed E-state index contributed by atoms with van der Waals surface area (Å²) in [5, 5.41) is 2.30. The fourth-order valence-corrected chi connectivity index (χ4v) is 1.14. The molecule has 1 aromatic rings. The maximum atomic E-state index is 13.1.